The van der Waals surface area contributed by atoms with Gasteiger partial charge < -0.3 is 24.9 Å². The number of hydrogen-bond acceptors (Lipinski definition) is 4. The van der Waals surface area contributed by atoms with Crippen molar-refractivity contribution >= 4 is 40.1 Å². The van der Waals surface area contributed by atoms with E-state index < -0.39 is 18.3 Å². The maximum Gasteiger partial charge on any atom is 1.00 e. The molecule has 1 heterocycles. The summed E-state index contributed by atoms with van der Waals surface area (Å²) in [6.45, 7) is 6.05. The van der Waals surface area contributed by atoms with E-state index >= 15 is 0 Å². The Kier molecular flexibility index (Phi) is 7.77. The topological polar surface area (TPSA) is 94.2 Å². The average Bonchev–Trinajstić information content (AvgIpc) is 3.00. The van der Waals surface area contributed by atoms with Crippen molar-refractivity contribution < 1.29 is 49.0 Å². The smallest absolute Gasteiger partial charge is 0.550 e. The molecule has 0 bridgehead atoms. The van der Waals surface area contributed by atoms with Crippen LogP contribution < -0.4 is 44.7 Å². The van der Waals surface area contributed by atoms with Crippen molar-refractivity contribution in [3.8, 4) is 11.5 Å². The predicted octanol–water partition coefficient (Wildman–Crippen LogP) is 1.13. The first-order valence-electron chi connectivity index (χ1n) is 8.83. The van der Waals surface area contributed by atoms with Gasteiger partial charge in [-0.1, -0.05) is 25.4 Å². The van der Waals surface area contributed by atoms with Crippen LogP contribution in [-0.4, -0.2) is 16.9 Å². The Morgan fingerprint density at radius 2 is 1.97 bits per heavy atom. The van der Waals surface area contributed by atoms with Crippen LogP contribution in [0.4, 0.5) is 5.69 Å². The maximum atomic E-state index is 11.6. The summed E-state index contributed by atoms with van der Waals surface area (Å²) in [5.41, 5.74) is 3.33. The summed E-state index contributed by atoms with van der Waals surface area (Å²) in [5, 5.41) is 14.4. The Bertz CT molecular complexity index is 1040. The summed E-state index contributed by atoms with van der Waals surface area (Å²) in [6.07, 6.45) is 1.28. The number of fused-ring (bicyclic) bond motifs is 1. The van der Waals surface area contributed by atoms with Gasteiger partial charge in [-0.25, -0.2) is 0 Å². The SMILES string of the molecule is Cc1cc(NC(=O)CC(=O)[O-])cc(Cl)c1Oc1ccc2[nH]cc(C(C)C)c2c1.[Na+]. The van der Waals surface area contributed by atoms with Crippen LogP contribution >= 0.6 is 11.6 Å². The van der Waals surface area contributed by atoms with Gasteiger partial charge in [0.1, 0.15) is 11.5 Å². The van der Waals surface area contributed by atoms with Gasteiger partial charge >= 0.3 is 29.6 Å². The van der Waals surface area contributed by atoms with E-state index in [1.54, 1.807) is 13.0 Å². The fraction of sp³-hybridized carbons (Fsp3) is 0.238. The second kappa shape index (κ2) is 9.67. The second-order valence-corrected chi connectivity index (χ2v) is 7.32. The van der Waals surface area contributed by atoms with E-state index in [4.69, 9.17) is 16.3 Å². The van der Waals surface area contributed by atoms with Crippen LogP contribution in [0.1, 0.15) is 37.3 Å². The molecular formula is C21H20ClN2NaO4. The minimum Gasteiger partial charge on any atom is -0.550 e. The number of carbonyl (C=O) groups is 2. The summed E-state index contributed by atoms with van der Waals surface area (Å²) in [6, 6.07) is 8.96. The summed E-state index contributed by atoms with van der Waals surface area (Å²) < 4.78 is 6.01. The molecule has 0 radical (unpaired) electrons. The zero-order valence-electron chi connectivity index (χ0n) is 16.8. The molecule has 29 heavy (non-hydrogen) atoms. The van der Waals surface area contributed by atoms with E-state index in [1.165, 1.54) is 11.6 Å². The number of nitrogens with one attached hydrogen (secondary N) is 2. The average molecular weight is 423 g/mol. The molecule has 2 N–H and O–H groups in total. The molecular weight excluding hydrogens is 403 g/mol. The van der Waals surface area contributed by atoms with Gasteiger partial charge in [0.25, 0.3) is 0 Å². The maximum absolute atomic E-state index is 11.6. The molecule has 3 aromatic rings. The Labute approximate surface area is 195 Å². The summed E-state index contributed by atoms with van der Waals surface area (Å²) >= 11 is 6.34. The first kappa shape index (κ1) is 23.3. The van der Waals surface area contributed by atoms with Crippen molar-refractivity contribution in [1.29, 1.82) is 0 Å². The van der Waals surface area contributed by atoms with E-state index in [2.05, 4.69) is 24.1 Å². The quantitative estimate of drug-likeness (QED) is 0.460. The van der Waals surface area contributed by atoms with Crippen molar-refractivity contribution in [3.05, 3.63) is 52.7 Å². The molecule has 0 spiro atoms. The Balaban J connectivity index is 0.00000300. The van der Waals surface area contributed by atoms with Gasteiger partial charge in [0.15, 0.2) is 0 Å². The number of rotatable bonds is 6. The molecule has 8 heteroatoms. The number of halogens is 1. The number of H-pyrrole nitrogens is 1. The summed E-state index contributed by atoms with van der Waals surface area (Å²) in [4.78, 5) is 25.4. The predicted molar refractivity (Wildman–Crippen MR) is 107 cm³/mol. The van der Waals surface area contributed by atoms with Crippen molar-refractivity contribution in [2.75, 3.05) is 5.32 Å². The van der Waals surface area contributed by atoms with E-state index in [9.17, 15) is 14.7 Å². The number of aromatic nitrogens is 1. The zero-order chi connectivity index (χ0) is 20.4. The van der Waals surface area contributed by atoms with Crippen LogP contribution in [-0.2, 0) is 9.59 Å². The molecule has 0 atom stereocenters. The van der Waals surface area contributed by atoms with Crippen molar-refractivity contribution in [2.45, 2.75) is 33.1 Å². The third kappa shape index (κ3) is 5.54. The van der Waals surface area contributed by atoms with Gasteiger partial charge in [-0.3, -0.25) is 4.79 Å². The first-order valence-corrected chi connectivity index (χ1v) is 9.21. The molecule has 1 amide bonds. The molecule has 0 aliphatic carbocycles. The second-order valence-electron chi connectivity index (χ2n) is 6.91. The van der Waals surface area contributed by atoms with E-state index in [0.29, 0.717) is 33.7 Å². The van der Waals surface area contributed by atoms with Crippen LogP contribution in [0, 0.1) is 6.92 Å². The molecule has 0 unspecified atom stereocenters. The molecule has 2 aromatic carbocycles. The number of anilines is 1. The Morgan fingerprint density at radius 1 is 1.24 bits per heavy atom. The Hall–Kier alpha value is -1.99. The fourth-order valence-corrected chi connectivity index (χ4v) is 3.35. The molecule has 6 nitrogen and oxygen atoms in total. The van der Waals surface area contributed by atoms with Crippen LogP contribution in [0.5, 0.6) is 11.5 Å². The van der Waals surface area contributed by atoms with E-state index in [-0.39, 0.29) is 29.6 Å². The first-order chi connectivity index (χ1) is 13.2. The molecule has 0 aliphatic heterocycles. The third-order valence-corrected chi connectivity index (χ3v) is 4.63. The van der Waals surface area contributed by atoms with Gasteiger partial charge in [-0.05, 0) is 54.3 Å². The number of benzene rings is 2. The van der Waals surface area contributed by atoms with Gasteiger partial charge in [0.2, 0.25) is 5.91 Å². The van der Waals surface area contributed by atoms with Crippen molar-refractivity contribution in [3.63, 3.8) is 0 Å². The number of amides is 1. The van der Waals surface area contributed by atoms with E-state index in [1.807, 2.05) is 24.4 Å². The zero-order valence-corrected chi connectivity index (χ0v) is 19.5. The van der Waals surface area contributed by atoms with Gasteiger partial charge in [0.05, 0.1) is 17.4 Å². The third-order valence-electron chi connectivity index (χ3n) is 4.35. The van der Waals surface area contributed by atoms with Gasteiger partial charge in [0, 0.05) is 22.8 Å². The molecule has 3 rings (SSSR count). The molecule has 0 saturated carbocycles. The van der Waals surface area contributed by atoms with Gasteiger partial charge in [-0.2, -0.15) is 0 Å². The number of carboxylic acid groups (broad SMARTS) is 1. The number of carboxylic acids is 1. The molecule has 1 aromatic heterocycles. The normalized spacial score (nSPS) is 10.7. The largest absolute Gasteiger partial charge is 1.00 e. The van der Waals surface area contributed by atoms with Crippen LogP contribution in [0.15, 0.2) is 36.5 Å². The Morgan fingerprint density at radius 3 is 2.59 bits per heavy atom. The minimum absolute atomic E-state index is 0. The molecule has 0 aliphatic rings. The molecule has 0 fully saturated rings. The number of ether oxygens (including phenoxy) is 1. The van der Waals surface area contributed by atoms with Gasteiger partial charge in [-0.15, -0.1) is 0 Å². The number of aryl methyl sites for hydroxylation is 1. The summed E-state index contributed by atoms with van der Waals surface area (Å²) in [7, 11) is 0. The van der Waals surface area contributed by atoms with Crippen molar-refractivity contribution in [2.24, 2.45) is 0 Å². The number of hydrogen-bond donors (Lipinski definition) is 2. The van der Waals surface area contributed by atoms with Crippen molar-refractivity contribution in [1.82, 2.24) is 4.98 Å². The van der Waals surface area contributed by atoms with Crippen LogP contribution in [0.2, 0.25) is 5.02 Å². The standard InChI is InChI=1S/C21H21ClN2O4.Na/c1-11(2)16-10-23-18-5-4-14(8-15(16)18)28-21-12(3)6-13(7-17(21)22)24-19(25)9-20(26)27;/h4-8,10-11,23H,9H2,1-3H3,(H,24,25)(H,26,27);/q;+1/p-1. The minimum atomic E-state index is -1.44. The number of carbonyl (C=O) groups excluding carboxylic acids is 2. The van der Waals surface area contributed by atoms with E-state index in [0.717, 1.165) is 10.9 Å². The van der Waals surface area contributed by atoms with Crippen LogP contribution in [0.3, 0.4) is 0 Å². The fourth-order valence-electron chi connectivity index (χ4n) is 3.05. The molecule has 0 saturated heterocycles. The number of aliphatic carboxylic acids is 1. The summed E-state index contributed by atoms with van der Waals surface area (Å²) in [5.74, 6) is -0.629. The van der Waals surface area contributed by atoms with Crippen LogP contribution in [0.25, 0.3) is 10.9 Å². The monoisotopic (exact) mass is 422 g/mol. The molecule has 146 valence electrons. The number of aromatic amines is 1.